The summed E-state index contributed by atoms with van der Waals surface area (Å²) >= 11 is 1.41. The normalized spacial score (nSPS) is 13.0. The van der Waals surface area contributed by atoms with E-state index >= 15 is 0 Å². The van der Waals surface area contributed by atoms with Gasteiger partial charge < -0.3 is 19.1 Å². The molecule has 5 aromatic rings. The van der Waals surface area contributed by atoms with Gasteiger partial charge in [0.1, 0.15) is 5.75 Å². The van der Waals surface area contributed by atoms with Gasteiger partial charge in [-0.2, -0.15) is 0 Å². The zero-order valence-corrected chi connectivity index (χ0v) is 20.6. The molecule has 0 aliphatic heterocycles. The Morgan fingerprint density at radius 3 is 2.54 bits per heavy atom. The molecule has 0 spiro atoms. The first-order valence-corrected chi connectivity index (χ1v) is 12.2. The largest absolute Gasteiger partial charge is 0.497 e. The van der Waals surface area contributed by atoms with E-state index in [1.54, 1.807) is 31.3 Å². The van der Waals surface area contributed by atoms with E-state index in [2.05, 4.69) is 16.0 Å². The van der Waals surface area contributed by atoms with Crippen LogP contribution in [0.1, 0.15) is 34.2 Å². The monoisotopic (exact) mass is 486 g/mol. The van der Waals surface area contributed by atoms with Crippen LogP contribution in [-0.4, -0.2) is 38.3 Å². The molecule has 35 heavy (non-hydrogen) atoms. The maximum absolute atomic E-state index is 12.1. The van der Waals surface area contributed by atoms with Gasteiger partial charge in [0.15, 0.2) is 5.60 Å². The van der Waals surface area contributed by atoms with E-state index in [0.29, 0.717) is 24.6 Å². The molecule has 3 heterocycles. The highest BCUT2D eigenvalue weighted by Gasteiger charge is 2.38. The number of thiazole rings is 1. The first-order chi connectivity index (χ1) is 17.0. The smallest absolute Gasteiger partial charge is 0.217 e. The van der Waals surface area contributed by atoms with Crippen molar-refractivity contribution in [2.24, 2.45) is 7.05 Å². The van der Waals surface area contributed by atoms with Crippen molar-refractivity contribution >= 4 is 22.2 Å². The van der Waals surface area contributed by atoms with Crippen LogP contribution in [-0.2, 0) is 19.1 Å². The van der Waals surface area contributed by atoms with Gasteiger partial charge in [-0.05, 0) is 48.4 Å². The molecular weight excluding hydrogens is 460 g/mol. The van der Waals surface area contributed by atoms with Crippen LogP contribution in [0.4, 0.5) is 0 Å². The number of aliphatic hydroxyl groups is 1. The standard InChI is InChI=1S/C27H26N4O3S/c1-4-34-26-20(11-18-5-8-22(33-3)9-6-18)12-19-13-21(7-10-23(19)30-26)27(32,25-15-29-17-35-25)24-14-28-16-31(24)2/h5-10,12-17,32H,4,11H2,1-3H3. The molecular formula is C27H26N4O3S. The molecule has 0 aliphatic rings. The number of nitrogens with zero attached hydrogens (tertiary/aromatic N) is 4. The van der Waals surface area contributed by atoms with Crippen LogP contribution in [0.3, 0.4) is 0 Å². The second-order valence-corrected chi connectivity index (χ2v) is 9.17. The molecule has 8 heteroatoms. The van der Waals surface area contributed by atoms with Crippen molar-refractivity contribution in [2.75, 3.05) is 13.7 Å². The first-order valence-electron chi connectivity index (χ1n) is 11.3. The summed E-state index contributed by atoms with van der Waals surface area (Å²) in [5.74, 6) is 1.44. The second kappa shape index (κ2) is 9.48. The molecule has 3 aromatic heterocycles. The fourth-order valence-corrected chi connectivity index (χ4v) is 5.05. The van der Waals surface area contributed by atoms with Crippen LogP contribution in [0.25, 0.3) is 10.9 Å². The molecule has 0 saturated carbocycles. The SMILES string of the molecule is CCOc1nc2ccc(C(O)(c3cncs3)c3cncn3C)cc2cc1Cc1ccc(OC)cc1. The van der Waals surface area contributed by atoms with Crippen molar-refractivity contribution in [1.29, 1.82) is 0 Å². The summed E-state index contributed by atoms with van der Waals surface area (Å²) in [6.07, 6.45) is 5.74. The van der Waals surface area contributed by atoms with Crippen LogP contribution in [0.2, 0.25) is 0 Å². The summed E-state index contributed by atoms with van der Waals surface area (Å²) in [5.41, 5.74) is 4.62. The van der Waals surface area contributed by atoms with E-state index in [4.69, 9.17) is 14.5 Å². The number of hydrogen-bond donors (Lipinski definition) is 1. The van der Waals surface area contributed by atoms with Crippen molar-refractivity contribution < 1.29 is 14.6 Å². The summed E-state index contributed by atoms with van der Waals surface area (Å²) in [6, 6.07) is 15.9. The molecule has 7 nitrogen and oxygen atoms in total. The Hall–Kier alpha value is -3.75. The molecule has 1 N–H and O–H groups in total. The Bertz CT molecular complexity index is 1450. The van der Waals surface area contributed by atoms with Gasteiger partial charge in [-0.1, -0.05) is 18.2 Å². The number of aryl methyl sites for hydroxylation is 1. The van der Waals surface area contributed by atoms with E-state index in [-0.39, 0.29) is 0 Å². The number of fused-ring (bicyclic) bond motifs is 1. The lowest BCUT2D eigenvalue weighted by Crippen LogP contribution is -2.30. The summed E-state index contributed by atoms with van der Waals surface area (Å²) in [4.78, 5) is 14.0. The summed E-state index contributed by atoms with van der Waals surface area (Å²) in [5, 5.41) is 13.0. The third kappa shape index (κ3) is 4.26. The van der Waals surface area contributed by atoms with Crippen molar-refractivity contribution in [3.63, 3.8) is 0 Å². The highest BCUT2D eigenvalue weighted by atomic mass is 32.1. The predicted molar refractivity (Wildman–Crippen MR) is 136 cm³/mol. The maximum atomic E-state index is 12.1. The van der Waals surface area contributed by atoms with Gasteiger partial charge in [0.05, 0.1) is 47.8 Å². The molecule has 0 bridgehead atoms. The molecule has 1 atom stereocenters. The van der Waals surface area contributed by atoms with Gasteiger partial charge in [0.25, 0.3) is 0 Å². The molecule has 0 fully saturated rings. The molecule has 1 unspecified atom stereocenters. The molecule has 0 aliphatic carbocycles. The molecule has 0 saturated heterocycles. The quantitative estimate of drug-likeness (QED) is 0.342. The van der Waals surface area contributed by atoms with E-state index in [1.807, 2.05) is 61.0 Å². The Morgan fingerprint density at radius 1 is 1.06 bits per heavy atom. The minimum atomic E-state index is -1.39. The number of aromatic nitrogens is 4. The van der Waals surface area contributed by atoms with Gasteiger partial charge >= 0.3 is 0 Å². The maximum Gasteiger partial charge on any atom is 0.217 e. The Labute approximate surface area is 207 Å². The van der Waals surface area contributed by atoms with Crippen molar-refractivity contribution in [3.8, 4) is 11.6 Å². The number of hydrogen-bond acceptors (Lipinski definition) is 7. The summed E-state index contributed by atoms with van der Waals surface area (Å²) in [6.45, 7) is 2.48. The first kappa shape index (κ1) is 23.0. The van der Waals surface area contributed by atoms with Crippen LogP contribution in [0.15, 0.2) is 72.8 Å². The van der Waals surface area contributed by atoms with Crippen molar-refractivity contribution in [3.05, 3.63) is 100 Å². The van der Waals surface area contributed by atoms with Gasteiger partial charge in [-0.15, -0.1) is 11.3 Å². The number of rotatable bonds is 8. The summed E-state index contributed by atoms with van der Waals surface area (Å²) in [7, 11) is 3.53. The van der Waals surface area contributed by atoms with Crippen molar-refractivity contribution in [1.82, 2.24) is 19.5 Å². The predicted octanol–water partition coefficient (Wildman–Crippen LogP) is 4.71. The van der Waals surface area contributed by atoms with Crippen LogP contribution in [0.5, 0.6) is 11.6 Å². The summed E-state index contributed by atoms with van der Waals surface area (Å²) < 4.78 is 13.0. The van der Waals surface area contributed by atoms with Gasteiger partial charge in [0.2, 0.25) is 5.88 Å². The van der Waals surface area contributed by atoms with Crippen LogP contribution in [0, 0.1) is 0 Å². The number of ether oxygens (including phenoxy) is 2. The lowest BCUT2D eigenvalue weighted by molar-refractivity contribution is 0.121. The third-order valence-electron chi connectivity index (χ3n) is 6.08. The fourth-order valence-electron chi connectivity index (χ4n) is 4.30. The highest BCUT2D eigenvalue weighted by Crippen LogP contribution is 2.39. The van der Waals surface area contributed by atoms with Crippen LogP contribution < -0.4 is 9.47 Å². The number of pyridine rings is 1. The lowest BCUT2D eigenvalue weighted by Gasteiger charge is -2.28. The van der Waals surface area contributed by atoms with E-state index in [9.17, 15) is 5.11 Å². The van der Waals surface area contributed by atoms with Gasteiger partial charge in [-0.3, -0.25) is 4.98 Å². The zero-order valence-electron chi connectivity index (χ0n) is 19.8. The molecule has 0 radical (unpaired) electrons. The number of methoxy groups -OCH3 is 1. The van der Waals surface area contributed by atoms with E-state index in [1.165, 1.54) is 11.3 Å². The zero-order chi connectivity index (χ0) is 24.4. The minimum absolute atomic E-state index is 0.526. The molecule has 5 rings (SSSR count). The highest BCUT2D eigenvalue weighted by molar-refractivity contribution is 7.09. The van der Waals surface area contributed by atoms with Crippen molar-refractivity contribution in [2.45, 2.75) is 18.9 Å². The topological polar surface area (TPSA) is 82.3 Å². The average molecular weight is 487 g/mol. The lowest BCUT2D eigenvalue weighted by atomic mass is 9.88. The van der Waals surface area contributed by atoms with Crippen LogP contribution >= 0.6 is 11.3 Å². The Morgan fingerprint density at radius 2 is 1.89 bits per heavy atom. The van der Waals surface area contributed by atoms with Gasteiger partial charge in [-0.25, -0.2) is 9.97 Å². The fraction of sp³-hybridized carbons (Fsp3) is 0.222. The molecule has 0 amide bonds. The number of benzene rings is 2. The minimum Gasteiger partial charge on any atom is -0.497 e. The number of imidazole rings is 1. The Kier molecular flexibility index (Phi) is 6.23. The van der Waals surface area contributed by atoms with E-state index < -0.39 is 5.60 Å². The average Bonchev–Trinajstić information content (AvgIpc) is 3.57. The van der Waals surface area contributed by atoms with Gasteiger partial charge in [0, 0.05) is 30.6 Å². The molecule has 2 aromatic carbocycles. The Balaban J connectivity index is 1.62. The van der Waals surface area contributed by atoms with E-state index in [0.717, 1.165) is 38.2 Å². The molecule has 178 valence electrons. The second-order valence-electron chi connectivity index (χ2n) is 8.28. The third-order valence-corrected chi connectivity index (χ3v) is 6.96.